The Kier molecular flexibility index (Phi) is 4.99. The standard InChI is InChI=1S/C17H18F4N4O/c1-23-14(10-15(22-23)17(19,20)21)16(26)25-8-6-24(7-9-25)11-12-2-4-13(18)5-3-12/h2-5,10H,6-9,11H2,1H3. The number of nitrogens with zero attached hydrogens (tertiary/aromatic N) is 4. The lowest BCUT2D eigenvalue weighted by Gasteiger charge is -2.34. The summed E-state index contributed by atoms with van der Waals surface area (Å²) >= 11 is 0. The fraction of sp³-hybridized carbons (Fsp3) is 0.412. The number of carbonyl (C=O) groups excluding carboxylic acids is 1. The maximum Gasteiger partial charge on any atom is 0.435 e. The number of hydrogen-bond acceptors (Lipinski definition) is 3. The lowest BCUT2D eigenvalue weighted by Crippen LogP contribution is -2.48. The Labute approximate surface area is 147 Å². The molecule has 1 aliphatic heterocycles. The topological polar surface area (TPSA) is 41.4 Å². The maximum absolute atomic E-state index is 12.9. The second-order valence-corrected chi connectivity index (χ2v) is 6.23. The van der Waals surface area contributed by atoms with Crippen LogP contribution in [0.4, 0.5) is 17.6 Å². The van der Waals surface area contributed by atoms with Crippen molar-refractivity contribution in [1.29, 1.82) is 0 Å². The largest absolute Gasteiger partial charge is 0.435 e. The zero-order valence-electron chi connectivity index (χ0n) is 14.1. The molecule has 2 aromatic rings. The van der Waals surface area contributed by atoms with Crippen LogP contribution in [-0.2, 0) is 19.8 Å². The summed E-state index contributed by atoms with van der Waals surface area (Å²) in [4.78, 5) is 16.1. The van der Waals surface area contributed by atoms with Crippen molar-refractivity contribution in [2.45, 2.75) is 12.7 Å². The van der Waals surface area contributed by atoms with Crippen molar-refractivity contribution >= 4 is 5.91 Å². The van der Waals surface area contributed by atoms with Crippen molar-refractivity contribution in [3.63, 3.8) is 0 Å². The van der Waals surface area contributed by atoms with Gasteiger partial charge in [-0.2, -0.15) is 18.3 Å². The van der Waals surface area contributed by atoms with Gasteiger partial charge in [-0.1, -0.05) is 12.1 Å². The minimum Gasteiger partial charge on any atom is -0.335 e. The van der Waals surface area contributed by atoms with E-state index in [1.54, 1.807) is 12.1 Å². The van der Waals surface area contributed by atoms with Crippen LogP contribution in [0.5, 0.6) is 0 Å². The summed E-state index contributed by atoms with van der Waals surface area (Å²) in [5.41, 5.74) is -0.185. The Hall–Kier alpha value is -2.42. The molecule has 0 bridgehead atoms. The summed E-state index contributed by atoms with van der Waals surface area (Å²) < 4.78 is 52.1. The highest BCUT2D eigenvalue weighted by Crippen LogP contribution is 2.28. The van der Waals surface area contributed by atoms with E-state index in [1.807, 2.05) is 0 Å². The van der Waals surface area contributed by atoms with Gasteiger partial charge in [0.05, 0.1) is 0 Å². The first-order valence-corrected chi connectivity index (χ1v) is 8.11. The van der Waals surface area contributed by atoms with E-state index in [0.29, 0.717) is 32.7 Å². The van der Waals surface area contributed by atoms with E-state index < -0.39 is 17.8 Å². The number of piperazine rings is 1. The number of amides is 1. The van der Waals surface area contributed by atoms with Crippen molar-refractivity contribution in [1.82, 2.24) is 19.6 Å². The van der Waals surface area contributed by atoms with Gasteiger partial charge in [0.2, 0.25) is 0 Å². The van der Waals surface area contributed by atoms with E-state index in [-0.39, 0.29) is 11.5 Å². The minimum atomic E-state index is -4.58. The average molecular weight is 370 g/mol. The summed E-state index contributed by atoms with van der Waals surface area (Å²) in [5.74, 6) is -0.754. The van der Waals surface area contributed by atoms with Gasteiger partial charge in [0, 0.05) is 45.8 Å². The van der Waals surface area contributed by atoms with Gasteiger partial charge >= 0.3 is 6.18 Å². The second-order valence-electron chi connectivity index (χ2n) is 6.23. The zero-order chi connectivity index (χ0) is 18.9. The zero-order valence-corrected chi connectivity index (χ0v) is 14.1. The molecule has 0 spiro atoms. The normalized spacial score (nSPS) is 16.1. The third-order valence-corrected chi connectivity index (χ3v) is 4.37. The van der Waals surface area contributed by atoms with Crippen LogP contribution in [0.3, 0.4) is 0 Å². The summed E-state index contributed by atoms with van der Waals surface area (Å²) in [7, 11) is 1.33. The van der Waals surface area contributed by atoms with Gasteiger partial charge in [0.15, 0.2) is 5.69 Å². The molecule has 5 nitrogen and oxygen atoms in total. The molecule has 2 heterocycles. The molecular weight excluding hydrogens is 352 g/mol. The van der Waals surface area contributed by atoms with Crippen LogP contribution in [0.15, 0.2) is 30.3 Å². The number of hydrogen-bond donors (Lipinski definition) is 0. The summed E-state index contributed by atoms with van der Waals surface area (Å²) in [6.45, 7) is 2.63. The summed E-state index contributed by atoms with van der Waals surface area (Å²) in [6.07, 6.45) is -4.58. The van der Waals surface area contributed by atoms with Gasteiger partial charge < -0.3 is 4.90 Å². The molecule has 1 saturated heterocycles. The average Bonchev–Trinajstić information content (AvgIpc) is 2.99. The lowest BCUT2D eigenvalue weighted by molar-refractivity contribution is -0.141. The molecule has 0 N–H and O–H groups in total. The van der Waals surface area contributed by atoms with Crippen LogP contribution in [-0.4, -0.2) is 51.7 Å². The summed E-state index contributed by atoms with van der Waals surface area (Å²) in [5, 5.41) is 3.38. The second kappa shape index (κ2) is 7.06. The third kappa shape index (κ3) is 4.04. The molecule has 0 atom stereocenters. The third-order valence-electron chi connectivity index (χ3n) is 4.37. The van der Waals surface area contributed by atoms with Crippen molar-refractivity contribution in [2.75, 3.05) is 26.2 Å². The van der Waals surface area contributed by atoms with Crippen molar-refractivity contribution in [3.05, 3.63) is 53.1 Å². The minimum absolute atomic E-state index is 0.0793. The van der Waals surface area contributed by atoms with Crippen molar-refractivity contribution in [2.24, 2.45) is 7.05 Å². The number of halogens is 4. The Morgan fingerprint density at radius 2 is 1.73 bits per heavy atom. The predicted octanol–water partition coefficient (Wildman–Crippen LogP) is 2.54. The Morgan fingerprint density at radius 1 is 1.12 bits per heavy atom. The molecule has 0 radical (unpaired) electrons. The highest BCUT2D eigenvalue weighted by atomic mass is 19.4. The van der Waals surface area contributed by atoms with Gasteiger partial charge in [-0.05, 0) is 17.7 Å². The predicted molar refractivity (Wildman–Crippen MR) is 85.8 cm³/mol. The number of aromatic nitrogens is 2. The van der Waals surface area contributed by atoms with Crippen LogP contribution in [0.25, 0.3) is 0 Å². The van der Waals surface area contributed by atoms with Crippen molar-refractivity contribution < 1.29 is 22.4 Å². The molecule has 1 aromatic carbocycles. The summed E-state index contributed by atoms with van der Waals surface area (Å²) in [6, 6.07) is 7.00. The molecule has 26 heavy (non-hydrogen) atoms. The first kappa shape index (κ1) is 18.4. The fourth-order valence-corrected chi connectivity index (χ4v) is 2.93. The molecule has 1 aromatic heterocycles. The Balaban J connectivity index is 1.60. The monoisotopic (exact) mass is 370 g/mol. The van der Waals surface area contributed by atoms with E-state index in [0.717, 1.165) is 16.3 Å². The van der Waals surface area contributed by atoms with Crippen LogP contribution < -0.4 is 0 Å². The van der Waals surface area contributed by atoms with E-state index in [4.69, 9.17) is 0 Å². The SMILES string of the molecule is Cn1nc(C(F)(F)F)cc1C(=O)N1CCN(Cc2ccc(F)cc2)CC1. The highest BCUT2D eigenvalue weighted by molar-refractivity contribution is 5.92. The van der Waals surface area contributed by atoms with Gasteiger partial charge in [-0.15, -0.1) is 0 Å². The molecular formula is C17H18F4N4O. The van der Waals surface area contributed by atoms with E-state index in [9.17, 15) is 22.4 Å². The van der Waals surface area contributed by atoms with Gasteiger partial charge in [0.1, 0.15) is 11.5 Å². The van der Waals surface area contributed by atoms with E-state index >= 15 is 0 Å². The molecule has 1 aliphatic rings. The van der Waals surface area contributed by atoms with Crippen molar-refractivity contribution in [3.8, 4) is 0 Å². The van der Waals surface area contributed by atoms with Crippen LogP contribution >= 0.6 is 0 Å². The highest BCUT2D eigenvalue weighted by Gasteiger charge is 2.36. The van der Waals surface area contributed by atoms with Gasteiger partial charge in [-0.3, -0.25) is 14.4 Å². The molecule has 1 fully saturated rings. The Morgan fingerprint density at radius 3 is 2.27 bits per heavy atom. The number of alkyl halides is 3. The first-order valence-electron chi connectivity index (χ1n) is 8.11. The first-order chi connectivity index (χ1) is 12.2. The van der Waals surface area contributed by atoms with Gasteiger partial charge in [0.25, 0.3) is 5.91 Å². The number of carbonyl (C=O) groups is 1. The molecule has 0 unspecified atom stereocenters. The van der Waals surface area contributed by atoms with Gasteiger partial charge in [-0.25, -0.2) is 4.39 Å². The molecule has 9 heteroatoms. The Bertz CT molecular complexity index is 777. The van der Waals surface area contributed by atoms with E-state index in [2.05, 4.69) is 10.00 Å². The molecule has 0 aliphatic carbocycles. The lowest BCUT2D eigenvalue weighted by atomic mass is 10.2. The van der Waals surface area contributed by atoms with E-state index in [1.165, 1.54) is 24.1 Å². The van der Waals surface area contributed by atoms with Crippen LogP contribution in [0.1, 0.15) is 21.7 Å². The number of aryl methyl sites for hydroxylation is 1. The molecule has 1 amide bonds. The number of benzene rings is 1. The molecule has 3 rings (SSSR count). The quantitative estimate of drug-likeness (QED) is 0.780. The van der Waals surface area contributed by atoms with Crippen LogP contribution in [0.2, 0.25) is 0 Å². The smallest absolute Gasteiger partial charge is 0.335 e. The fourth-order valence-electron chi connectivity index (χ4n) is 2.93. The van der Waals surface area contributed by atoms with Crippen LogP contribution in [0, 0.1) is 5.82 Å². The molecule has 0 saturated carbocycles. The maximum atomic E-state index is 12.9. The molecule has 140 valence electrons. The number of rotatable bonds is 3.